The van der Waals surface area contributed by atoms with Crippen LogP contribution < -0.4 is 16.4 Å². The highest BCUT2D eigenvalue weighted by Gasteiger charge is 2.11. The summed E-state index contributed by atoms with van der Waals surface area (Å²) in [5.74, 6) is 0. The number of nitrogens with one attached hydrogen (secondary N) is 2. The van der Waals surface area contributed by atoms with Crippen molar-refractivity contribution in [3.63, 3.8) is 0 Å². The first-order chi connectivity index (χ1) is 7.61. The van der Waals surface area contributed by atoms with E-state index in [4.69, 9.17) is 5.73 Å². The fraction of sp³-hybridized carbons (Fsp3) is 0.222. The number of para-hydroxylation sites is 2. The molecule has 0 amide bonds. The van der Waals surface area contributed by atoms with Crippen molar-refractivity contribution in [2.45, 2.75) is 0 Å². The number of hydrogen-bond acceptors (Lipinski definition) is 4. The molecule has 1 aromatic carbocycles. The lowest BCUT2D eigenvalue weighted by Crippen LogP contribution is -2.19. The van der Waals surface area contributed by atoms with Gasteiger partial charge in [0.25, 0.3) is 5.69 Å². The van der Waals surface area contributed by atoms with Crippen LogP contribution in [0.25, 0.3) is 0 Å². The largest absolute Gasteiger partial charge is 0.376 e. The fourth-order valence-electron chi connectivity index (χ4n) is 0.871. The molecule has 1 aliphatic rings. The summed E-state index contributed by atoms with van der Waals surface area (Å²) >= 11 is 4.57. The average Bonchev–Trinajstić information content (AvgIpc) is 3.03. The standard InChI is InChI=1S/C7H7N3O2S.C2H5N/c8-7(13)9-5-3-1-2-4-6(5)10(11)12;1-2-3-1/h1-4H,(H3,8,9,13);3H,1-2H2. The van der Waals surface area contributed by atoms with Crippen LogP contribution in [-0.2, 0) is 0 Å². The van der Waals surface area contributed by atoms with Gasteiger partial charge in [0.1, 0.15) is 5.69 Å². The normalized spacial score (nSPS) is 12.0. The minimum atomic E-state index is -0.499. The topological polar surface area (TPSA) is 103 Å². The third kappa shape index (κ3) is 4.67. The first kappa shape index (κ1) is 12.3. The van der Waals surface area contributed by atoms with Gasteiger partial charge < -0.3 is 16.4 Å². The highest BCUT2D eigenvalue weighted by atomic mass is 32.1. The van der Waals surface area contributed by atoms with Gasteiger partial charge in [0.2, 0.25) is 0 Å². The summed E-state index contributed by atoms with van der Waals surface area (Å²) in [4.78, 5) is 9.99. The molecule has 86 valence electrons. The zero-order valence-corrected chi connectivity index (χ0v) is 9.29. The van der Waals surface area contributed by atoms with E-state index < -0.39 is 4.92 Å². The van der Waals surface area contributed by atoms with E-state index in [2.05, 4.69) is 22.9 Å². The molecular weight excluding hydrogens is 228 g/mol. The van der Waals surface area contributed by atoms with Crippen molar-refractivity contribution in [1.82, 2.24) is 5.32 Å². The molecule has 7 heteroatoms. The van der Waals surface area contributed by atoms with Crippen LogP contribution in [0.4, 0.5) is 11.4 Å². The Morgan fingerprint density at radius 3 is 2.50 bits per heavy atom. The minimum Gasteiger partial charge on any atom is -0.376 e. The molecule has 1 aromatic rings. The first-order valence-corrected chi connectivity index (χ1v) is 5.02. The monoisotopic (exact) mass is 240 g/mol. The Morgan fingerprint density at radius 1 is 1.50 bits per heavy atom. The lowest BCUT2D eigenvalue weighted by atomic mass is 10.3. The number of rotatable bonds is 2. The maximum Gasteiger partial charge on any atom is 0.292 e. The molecule has 2 rings (SSSR count). The molecule has 1 fully saturated rings. The van der Waals surface area contributed by atoms with Crippen LogP contribution in [-0.4, -0.2) is 23.1 Å². The van der Waals surface area contributed by atoms with Crippen LogP contribution in [0, 0.1) is 10.1 Å². The average molecular weight is 240 g/mol. The van der Waals surface area contributed by atoms with Crippen molar-refractivity contribution >= 4 is 28.7 Å². The Bertz CT molecular complexity index is 392. The number of anilines is 1. The molecule has 0 aromatic heterocycles. The third-order valence-electron chi connectivity index (χ3n) is 1.61. The van der Waals surface area contributed by atoms with Crippen LogP contribution >= 0.6 is 12.2 Å². The molecule has 1 heterocycles. The molecule has 0 unspecified atom stereocenters. The minimum absolute atomic E-state index is 0.00861. The molecule has 0 aliphatic carbocycles. The summed E-state index contributed by atoms with van der Waals surface area (Å²) in [5, 5.41) is 16.0. The summed E-state index contributed by atoms with van der Waals surface area (Å²) in [6.07, 6.45) is 0. The van der Waals surface area contributed by atoms with E-state index in [0.29, 0.717) is 5.69 Å². The van der Waals surface area contributed by atoms with Gasteiger partial charge >= 0.3 is 0 Å². The van der Waals surface area contributed by atoms with Crippen LogP contribution in [0.3, 0.4) is 0 Å². The molecule has 0 spiro atoms. The Labute approximate surface area is 98.0 Å². The SMILES string of the molecule is C1CN1.NC(=S)Nc1ccccc1[N+](=O)[O-]. The fourth-order valence-corrected chi connectivity index (χ4v) is 0.981. The maximum absolute atomic E-state index is 10.5. The summed E-state index contributed by atoms with van der Waals surface area (Å²) < 4.78 is 0. The van der Waals surface area contributed by atoms with E-state index in [1.165, 1.54) is 25.2 Å². The van der Waals surface area contributed by atoms with Gasteiger partial charge in [-0.2, -0.15) is 0 Å². The van der Waals surface area contributed by atoms with Crippen molar-refractivity contribution in [2.75, 3.05) is 18.4 Å². The van der Waals surface area contributed by atoms with Crippen molar-refractivity contribution in [2.24, 2.45) is 5.73 Å². The quantitative estimate of drug-likeness (QED) is 0.306. The van der Waals surface area contributed by atoms with Crippen molar-refractivity contribution in [1.29, 1.82) is 0 Å². The molecule has 6 nitrogen and oxygen atoms in total. The smallest absolute Gasteiger partial charge is 0.292 e. The van der Waals surface area contributed by atoms with Gasteiger partial charge in [-0.3, -0.25) is 10.1 Å². The third-order valence-corrected chi connectivity index (χ3v) is 1.71. The number of nitrogens with two attached hydrogens (primary N) is 1. The molecule has 0 radical (unpaired) electrons. The molecule has 0 atom stereocenters. The van der Waals surface area contributed by atoms with Gasteiger partial charge in [0.05, 0.1) is 4.92 Å². The number of benzene rings is 1. The van der Waals surface area contributed by atoms with Crippen LogP contribution in [0.15, 0.2) is 24.3 Å². The Balaban J connectivity index is 0.000000365. The molecule has 4 N–H and O–H groups in total. The lowest BCUT2D eigenvalue weighted by Gasteiger charge is -2.03. The molecule has 16 heavy (non-hydrogen) atoms. The highest BCUT2D eigenvalue weighted by molar-refractivity contribution is 7.80. The van der Waals surface area contributed by atoms with E-state index in [0.717, 1.165) is 0 Å². The van der Waals surface area contributed by atoms with Crippen LogP contribution in [0.1, 0.15) is 0 Å². The highest BCUT2D eigenvalue weighted by Crippen LogP contribution is 2.22. The van der Waals surface area contributed by atoms with E-state index in [-0.39, 0.29) is 10.8 Å². The summed E-state index contributed by atoms with van der Waals surface area (Å²) in [5.41, 5.74) is 5.45. The lowest BCUT2D eigenvalue weighted by molar-refractivity contribution is -0.383. The van der Waals surface area contributed by atoms with Crippen molar-refractivity contribution in [3.8, 4) is 0 Å². The van der Waals surface area contributed by atoms with Gasteiger partial charge in [0.15, 0.2) is 5.11 Å². The molecule has 1 saturated heterocycles. The molecular formula is C9H12N4O2S. The predicted octanol–water partition coefficient (Wildman–Crippen LogP) is 0.840. The van der Waals surface area contributed by atoms with Crippen molar-refractivity contribution in [3.05, 3.63) is 34.4 Å². The van der Waals surface area contributed by atoms with Crippen LogP contribution in [0.5, 0.6) is 0 Å². The van der Waals surface area contributed by atoms with Gasteiger partial charge in [0, 0.05) is 19.2 Å². The Morgan fingerprint density at radius 2 is 2.06 bits per heavy atom. The second kappa shape index (κ2) is 5.99. The summed E-state index contributed by atoms with van der Waals surface area (Å²) in [7, 11) is 0. The Kier molecular flexibility index (Phi) is 4.62. The molecule has 0 saturated carbocycles. The van der Waals surface area contributed by atoms with Gasteiger partial charge in [-0.05, 0) is 18.3 Å². The first-order valence-electron chi connectivity index (χ1n) is 4.62. The number of thiocarbonyl (C=S) groups is 1. The summed E-state index contributed by atoms with van der Waals surface area (Å²) in [6.45, 7) is 2.50. The van der Waals surface area contributed by atoms with E-state index >= 15 is 0 Å². The number of nitrogens with zero attached hydrogens (tertiary/aromatic N) is 1. The second-order valence-corrected chi connectivity index (χ2v) is 3.45. The maximum atomic E-state index is 10.5. The molecule has 0 bridgehead atoms. The van der Waals surface area contributed by atoms with Gasteiger partial charge in [-0.1, -0.05) is 12.1 Å². The van der Waals surface area contributed by atoms with E-state index in [9.17, 15) is 10.1 Å². The number of nitro groups is 1. The Hall–Kier alpha value is -1.73. The predicted molar refractivity (Wildman–Crippen MR) is 66.4 cm³/mol. The van der Waals surface area contributed by atoms with Gasteiger partial charge in [-0.25, -0.2) is 0 Å². The molecule has 1 aliphatic heterocycles. The second-order valence-electron chi connectivity index (χ2n) is 3.01. The van der Waals surface area contributed by atoms with Crippen molar-refractivity contribution < 1.29 is 4.92 Å². The van der Waals surface area contributed by atoms with Gasteiger partial charge in [-0.15, -0.1) is 0 Å². The number of hydrogen-bond donors (Lipinski definition) is 3. The van der Waals surface area contributed by atoms with E-state index in [1.54, 1.807) is 12.1 Å². The zero-order valence-electron chi connectivity index (χ0n) is 8.47. The van der Waals surface area contributed by atoms with Crippen LogP contribution in [0.2, 0.25) is 0 Å². The zero-order chi connectivity index (χ0) is 12.0. The summed E-state index contributed by atoms with van der Waals surface area (Å²) in [6, 6.07) is 6.15. The number of nitro benzene ring substituents is 1. The van der Waals surface area contributed by atoms with E-state index in [1.807, 2.05) is 0 Å².